The van der Waals surface area contributed by atoms with Crippen LogP contribution in [0.5, 0.6) is 5.75 Å². The maximum absolute atomic E-state index is 6.40. The molecule has 7 heteroatoms. The molecule has 33 heavy (non-hydrogen) atoms. The molecular formula is C26H30N4O3. The van der Waals surface area contributed by atoms with E-state index >= 15 is 0 Å². The zero-order chi connectivity index (χ0) is 22.8. The Morgan fingerprint density at radius 2 is 1.82 bits per heavy atom. The Morgan fingerprint density at radius 3 is 2.48 bits per heavy atom. The van der Waals surface area contributed by atoms with Gasteiger partial charge in [-0.2, -0.15) is 0 Å². The minimum atomic E-state index is 0.0794. The number of hydrogen-bond donors (Lipinski definition) is 2. The van der Waals surface area contributed by atoms with Gasteiger partial charge in [-0.15, -0.1) is 0 Å². The van der Waals surface area contributed by atoms with Crippen molar-refractivity contribution in [2.45, 2.75) is 50.1 Å². The number of benzene rings is 1. The molecule has 0 saturated heterocycles. The van der Waals surface area contributed by atoms with Gasteiger partial charge >= 0.3 is 0 Å². The molecule has 1 unspecified atom stereocenters. The van der Waals surface area contributed by atoms with Gasteiger partial charge in [0.2, 0.25) is 5.71 Å². The van der Waals surface area contributed by atoms with Gasteiger partial charge in [0, 0.05) is 23.6 Å². The van der Waals surface area contributed by atoms with Crippen molar-refractivity contribution in [3.05, 3.63) is 60.3 Å². The second-order valence-corrected chi connectivity index (χ2v) is 8.74. The summed E-state index contributed by atoms with van der Waals surface area (Å²) < 4.78 is 17.2. The maximum atomic E-state index is 6.40. The van der Waals surface area contributed by atoms with Crippen LogP contribution in [0.25, 0.3) is 22.2 Å². The van der Waals surface area contributed by atoms with Crippen molar-refractivity contribution in [2.24, 2.45) is 5.73 Å². The van der Waals surface area contributed by atoms with Gasteiger partial charge in [-0.1, -0.05) is 18.2 Å². The summed E-state index contributed by atoms with van der Waals surface area (Å²) >= 11 is 0. The highest BCUT2D eigenvalue weighted by Crippen LogP contribution is 2.43. The van der Waals surface area contributed by atoms with E-state index in [2.05, 4.69) is 39.6 Å². The fourth-order valence-electron chi connectivity index (χ4n) is 4.77. The average Bonchev–Trinajstić information content (AvgIpc) is 3.26. The zero-order valence-electron chi connectivity index (χ0n) is 19.1. The summed E-state index contributed by atoms with van der Waals surface area (Å²) in [6.07, 6.45) is 12.7. The largest absolute Gasteiger partial charge is 0.497 e. The number of furan rings is 1. The van der Waals surface area contributed by atoms with Gasteiger partial charge in [-0.05, 0) is 62.0 Å². The molecule has 5 rings (SSSR count). The van der Waals surface area contributed by atoms with Crippen molar-refractivity contribution in [1.82, 2.24) is 9.97 Å². The lowest BCUT2D eigenvalue weighted by molar-refractivity contribution is 0.302. The average molecular weight is 447 g/mol. The number of aromatic nitrogens is 2. The third kappa shape index (κ3) is 4.33. The Balaban J connectivity index is 1.60. The smallest absolute Gasteiger partial charge is 0.232 e. The van der Waals surface area contributed by atoms with Gasteiger partial charge in [-0.3, -0.25) is 0 Å². The normalized spacial score (nSPS) is 22.8. The molecule has 3 N–H and O–H groups in total. The molecule has 172 valence electrons. The van der Waals surface area contributed by atoms with Crippen LogP contribution in [0.2, 0.25) is 0 Å². The first-order chi connectivity index (χ1) is 16.2. The van der Waals surface area contributed by atoms with Crippen LogP contribution in [0.4, 0.5) is 5.82 Å². The van der Waals surface area contributed by atoms with Crippen LogP contribution in [0.3, 0.4) is 0 Å². The quantitative estimate of drug-likeness (QED) is 0.540. The molecular weight excluding hydrogens is 416 g/mol. The van der Waals surface area contributed by atoms with E-state index in [4.69, 9.17) is 19.6 Å². The number of methoxy groups -OCH3 is 2. The third-order valence-electron chi connectivity index (χ3n) is 6.65. The summed E-state index contributed by atoms with van der Waals surface area (Å²) in [4.78, 5) is 9.12. The monoisotopic (exact) mass is 446 g/mol. The molecule has 0 amide bonds. The number of nitrogens with two attached hydrogens (primary N) is 1. The second-order valence-electron chi connectivity index (χ2n) is 8.74. The van der Waals surface area contributed by atoms with E-state index in [-0.39, 0.29) is 5.92 Å². The fraction of sp³-hybridized carbons (Fsp3) is 0.385. The minimum absolute atomic E-state index is 0.0794. The van der Waals surface area contributed by atoms with E-state index in [0.29, 0.717) is 17.8 Å². The van der Waals surface area contributed by atoms with E-state index in [1.807, 2.05) is 18.2 Å². The molecule has 1 fully saturated rings. The molecule has 2 aromatic heterocycles. The highest BCUT2D eigenvalue weighted by atomic mass is 16.5. The predicted octanol–water partition coefficient (Wildman–Crippen LogP) is 5.15. The molecule has 1 atom stereocenters. The van der Waals surface area contributed by atoms with E-state index in [1.54, 1.807) is 20.5 Å². The molecule has 0 aliphatic heterocycles. The second kappa shape index (κ2) is 9.27. The number of nitrogens with zero attached hydrogens (tertiary/aromatic N) is 2. The van der Waals surface area contributed by atoms with Gasteiger partial charge in [0.15, 0.2) is 0 Å². The number of allylic oxidation sites excluding steroid dienone is 3. The van der Waals surface area contributed by atoms with Crippen molar-refractivity contribution < 1.29 is 13.9 Å². The predicted molar refractivity (Wildman–Crippen MR) is 129 cm³/mol. The van der Waals surface area contributed by atoms with Crippen LogP contribution in [0.15, 0.2) is 59.0 Å². The Bertz CT molecular complexity index is 1170. The first-order valence-electron chi connectivity index (χ1n) is 11.5. The summed E-state index contributed by atoms with van der Waals surface area (Å²) in [5.74, 6) is 3.45. The first-order valence-corrected chi connectivity index (χ1v) is 11.5. The highest BCUT2D eigenvalue weighted by Gasteiger charge is 2.27. The fourth-order valence-corrected chi connectivity index (χ4v) is 4.77. The van der Waals surface area contributed by atoms with Gasteiger partial charge in [-0.25, -0.2) is 9.97 Å². The topological polar surface area (TPSA) is 95.4 Å². The van der Waals surface area contributed by atoms with E-state index in [1.165, 1.54) is 0 Å². The number of nitrogens with one attached hydrogen (secondary N) is 1. The van der Waals surface area contributed by atoms with Crippen LogP contribution >= 0.6 is 0 Å². The Labute approximate surface area is 193 Å². The van der Waals surface area contributed by atoms with Gasteiger partial charge in [0.25, 0.3) is 0 Å². The summed E-state index contributed by atoms with van der Waals surface area (Å²) in [6.45, 7) is 0. The molecule has 0 bridgehead atoms. The van der Waals surface area contributed by atoms with Crippen LogP contribution < -0.4 is 15.8 Å². The number of anilines is 1. The van der Waals surface area contributed by atoms with Crippen molar-refractivity contribution in [3.63, 3.8) is 0 Å². The Hall–Kier alpha value is -3.32. The van der Waals surface area contributed by atoms with Crippen LogP contribution in [-0.2, 0) is 4.74 Å². The van der Waals surface area contributed by atoms with E-state index in [0.717, 1.165) is 71.7 Å². The van der Waals surface area contributed by atoms with Crippen molar-refractivity contribution in [2.75, 3.05) is 19.5 Å². The SMILES string of the molecule is COC1=CCC(c2oc3ncnc(NC4CCC(N)CC4)c3c2-c2ccc(OC)cc2)C=C1. The lowest BCUT2D eigenvalue weighted by Crippen LogP contribution is -2.33. The lowest BCUT2D eigenvalue weighted by Gasteiger charge is -2.27. The summed E-state index contributed by atoms with van der Waals surface area (Å²) in [6, 6.07) is 8.70. The van der Waals surface area contributed by atoms with Crippen LogP contribution in [0.1, 0.15) is 43.8 Å². The number of rotatable bonds is 6. The first kappa shape index (κ1) is 21.5. The lowest BCUT2D eigenvalue weighted by atomic mass is 9.90. The Morgan fingerprint density at radius 1 is 1.03 bits per heavy atom. The molecule has 3 aromatic rings. The van der Waals surface area contributed by atoms with Gasteiger partial charge < -0.3 is 24.9 Å². The number of hydrogen-bond acceptors (Lipinski definition) is 7. The van der Waals surface area contributed by atoms with Crippen molar-refractivity contribution in [3.8, 4) is 16.9 Å². The summed E-state index contributed by atoms with van der Waals surface area (Å²) in [5, 5.41) is 4.59. The molecule has 0 spiro atoms. The van der Waals surface area contributed by atoms with Crippen molar-refractivity contribution in [1.29, 1.82) is 0 Å². The number of fused-ring (bicyclic) bond motifs is 1. The van der Waals surface area contributed by atoms with Crippen molar-refractivity contribution >= 4 is 16.9 Å². The molecule has 0 radical (unpaired) electrons. The van der Waals surface area contributed by atoms with Gasteiger partial charge in [0.05, 0.1) is 19.6 Å². The molecule has 2 aliphatic rings. The molecule has 1 aromatic carbocycles. The zero-order valence-corrected chi connectivity index (χ0v) is 19.1. The highest BCUT2D eigenvalue weighted by molar-refractivity contribution is 6.01. The maximum Gasteiger partial charge on any atom is 0.232 e. The Kier molecular flexibility index (Phi) is 6.05. The van der Waals surface area contributed by atoms with E-state index < -0.39 is 0 Å². The minimum Gasteiger partial charge on any atom is -0.497 e. The van der Waals surface area contributed by atoms with Crippen LogP contribution in [0, 0.1) is 0 Å². The summed E-state index contributed by atoms with van der Waals surface area (Å²) in [7, 11) is 3.36. The standard InChI is InChI=1S/C26H30N4O3/c1-31-20-11-3-16(4-12-20)22-23-25(30-19-9-7-18(27)8-10-19)28-15-29-26(23)33-24(22)17-5-13-21(32-2)14-6-17/h3-5,11-15,17-19H,6-10,27H2,1-2H3,(H,28,29,30). The number of ether oxygens (including phenoxy) is 2. The van der Waals surface area contributed by atoms with Crippen LogP contribution in [-0.4, -0.2) is 36.3 Å². The summed E-state index contributed by atoms with van der Waals surface area (Å²) in [5.41, 5.74) is 8.77. The molecule has 7 nitrogen and oxygen atoms in total. The molecule has 2 aliphatic carbocycles. The molecule has 1 saturated carbocycles. The van der Waals surface area contributed by atoms with E-state index in [9.17, 15) is 0 Å². The molecule has 2 heterocycles. The third-order valence-corrected chi connectivity index (χ3v) is 6.65. The van der Waals surface area contributed by atoms with Gasteiger partial charge in [0.1, 0.15) is 29.4 Å².